The van der Waals surface area contributed by atoms with Crippen molar-refractivity contribution in [2.75, 3.05) is 5.32 Å². The van der Waals surface area contributed by atoms with E-state index in [1.807, 2.05) is 30.3 Å². The van der Waals surface area contributed by atoms with E-state index >= 15 is 0 Å². The smallest absolute Gasteiger partial charge is 0.224 e. The van der Waals surface area contributed by atoms with Gasteiger partial charge in [-0.05, 0) is 48.6 Å². The molecule has 0 saturated heterocycles. The number of anilines is 1. The number of para-hydroxylation sites is 1. The number of aryl methyl sites for hydroxylation is 1. The van der Waals surface area contributed by atoms with E-state index in [2.05, 4.69) is 93.9 Å². The molecule has 1 atom stereocenters. The molecule has 0 radical (unpaired) electrons. The molecule has 0 bridgehead atoms. The third-order valence-corrected chi connectivity index (χ3v) is 10.5. The first-order chi connectivity index (χ1) is 16.4. The van der Waals surface area contributed by atoms with E-state index in [9.17, 15) is 4.79 Å². The Balaban J connectivity index is 1.50. The molecule has 5 heteroatoms. The van der Waals surface area contributed by atoms with Crippen molar-refractivity contribution in [1.82, 2.24) is 4.98 Å². The maximum atomic E-state index is 13.2. The van der Waals surface area contributed by atoms with Crippen LogP contribution in [-0.2, 0) is 11.2 Å². The quantitative estimate of drug-likeness (QED) is 0.232. The highest BCUT2D eigenvalue weighted by atomic mass is 79.9. The molecule has 4 rings (SSSR count). The van der Waals surface area contributed by atoms with E-state index in [1.54, 1.807) is 6.20 Å². The summed E-state index contributed by atoms with van der Waals surface area (Å²) >= 11 is 3.52. The summed E-state index contributed by atoms with van der Waals surface area (Å²) in [6, 6.07) is 30.3. The Bertz CT molecular complexity index is 1240. The van der Waals surface area contributed by atoms with Crippen LogP contribution in [0, 0.1) is 5.92 Å². The van der Waals surface area contributed by atoms with Gasteiger partial charge in [0.2, 0.25) is 5.91 Å². The average Bonchev–Trinajstić information content (AvgIpc) is 2.84. The van der Waals surface area contributed by atoms with E-state index in [0.29, 0.717) is 12.3 Å². The molecule has 3 aromatic carbocycles. The summed E-state index contributed by atoms with van der Waals surface area (Å²) in [7, 11) is -1.69. The molecule has 1 amide bonds. The predicted molar refractivity (Wildman–Crippen MR) is 149 cm³/mol. The van der Waals surface area contributed by atoms with Crippen molar-refractivity contribution in [1.29, 1.82) is 0 Å². The average molecular weight is 532 g/mol. The molecule has 0 aliphatic carbocycles. The number of pyridine rings is 1. The molecule has 3 nitrogen and oxygen atoms in total. The van der Waals surface area contributed by atoms with Crippen molar-refractivity contribution in [3.63, 3.8) is 0 Å². The molecule has 4 aromatic rings. The maximum absolute atomic E-state index is 13.2. The molecule has 1 unspecified atom stereocenters. The second kappa shape index (κ2) is 11.1. The fraction of sp³-hybridized carbons (Fsp3) is 0.241. The van der Waals surface area contributed by atoms with Crippen LogP contribution >= 0.6 is 15.9 Å². The number of aromatic nitrogens is 1. The van der Waals surface area contributed by atoms with Crippen LogP contribution in [0.3, 0.4) is 0 Å². The molecule has 0 spiro atoms. The van der Waals surface area contributed by atoms with Gasteiger partial charge >= 0.3 is 0 Å². The van der Waals surface area contributed by atoms with E-state index in [0.717, 1.165) is 39.9 Å². The zero-order valence-electron chi connectivity index (χ0n) is 19.8. The first-order valence-corrected chi connectivity index (χ1v) is 15.8. The fourth-order valence-corrected chi connectivity index (χ4v) is 8.08. The Kier molecular flexibility index (Phi) is 7.96. The van der Waals surface area contributed by atoms with Gasteiger partial charge < -0.3 is 5.32 Å². The lowest BCUT2D eigenvalue weighted by molar-refractivity contribution is -0.117. The number of amides is 1. The Morgan fingerprint density at radius 1 is 0.941 bits per heavy atom. The summed E-state index contributed by atoms with van der Waals surface area (Å²) in [6.45, 7) is 4.84. The second-order valence-electron chi connectivity index (χ2n) is 9.62. The molecular formula is C29H31BrN2OSi. The number of halogens is 1. The van der Waals surface area contributed by atoms with Gasteiger partial charge in [-0.15, -0.1) is 0 Å². The monoisotopic (exact) mass is 530 g/mol. The third kappa shape index (κ3) is 6.42. The highest BCUT2D eigenvalue weighted by Gasteiger charge is 2.28. The molecule has 0 aliphatic heterocycles. The number of carbonyl (C=O) groups excluding carboxylic acids is 1. The van der Waals surface area contributed by atoms with Crippen molar-refractivity contribution < 1.29 is 4.79 Å². The lowest BCUT2D eigenvalue weighted by Gasteiger charge is -2.28. The topological polar surface area (TPSA) is 42.0 Å². The molecular weight excluding hydrogens is 500 g/mol. The third-order valence-electron chi connectivity index (χ3n) is 6.49. The molecule has 1 heterocycles. The van der Waals surface area contributed by atoms with Crippen LogP contribution in [0.15, 0.2) is 95.6 Å². The van der Waals surface area contributed by atoms with Crippen LogP contribution in [0.4, 0.5) is 5.69 Å². The summed E-state index contributed by atoms with van der Waals surface area (Å²) in [5.41, 5.74) is 2.93. The fourth-order valence-electron chi connectivity index (χ4n) is 4.70. The minimum atomic E-state index is -1.69. The maximum Gasteiger partial charge on any atom is 0.224 e. The van der Waals surface area contributed by atoms with Crippen LogP contribution < -0.4 is 10.5 Å². The zero-order valence-corrected chi connectivity index (χ0v) is 22.4. The van der Waals surface area contributed by atoms with E-state index in [4.69, 9.17) is 0 Å². The van der Waals surface area contributed by atoms with Crippen molar-refractivity contribution in [3.05, 3.63) is 101 Å². The molecule has 1 aromatic heterocycles. The molecule has 34 heavy (non-hydrogen) atoms. The second-order valence-corrected chi connectivity index (χ2v) is 15.3. The van der Waals surface area contributed by atoms with Gasteiger partial charge in [0.25, 0.3) is 0 Å². The normalized spacial score (nSPS) is 12.4. The number of carbonyl (C=O) groups is 1. The number of hydrogen-bond donors (Lipinski definition) is 1. The first-order valence-electron chi connectivity index (χ1n) is 11.8. The van der Waals surface area contributed by atoms with Gasteiger partial charge in [-0.2, -0.15) is 0 Å². The van der Waals surface area contributed by atoms with Crippen LogP contribution in [-0.4, -0.2) is 19.0 Å². The SMILES string of the molecule is C[Si](C)(CC(CCc1ccc(Br)cc1)CC(=O)Nc1cccc2cccnc12)c1ccccc1. The molecule has 0 fully saturated rings. The molecule has 0 aliphatic rings. The number of hydrogen-bond acceptors (Lipinski definition) is 2. The standard InChI is InChI=1S/C29H31BrN2OSi/c1-34(2,26-10-4-3-5-11-26)21-23(14-13-22-15-17-25(30)18-16-22)20-28(33)32-27-12-6-8-24-9-7-19-31-29(24)27/h3-12,15-19,23H,13-14,20-21H2,1-2H3,(H,32,33). The Morgan fingerprint density at radius 2 is 1.68 bits per heavy atom. The Hall–Kier alpha value is -2.76. The first kappa shape index (κ1) is 24.4. The van der Waals surface area contributed by atoms with Crippen molar-refractivity contribution in [2.24, 2.45) is 5.92 Å². The zero-order chi connectivity index (χ0) is 24.0. The van der Waals surface area contributed by atoms with Crippen LogP contribution in [0.1, 0.15) is 18.4 Å². The minimum Gasteiger partial charge on any atom is -0.324 e. The minimum absolute atomic E-state index is 0.0665. The summed E-state index contributed by atoms with van der Waals surface area (Å²) < 4.78 is 1.09. The van der Waals surface area contributed by atoms with Gasteiger partial charge in [-0.3, -0.25) is 9.78 Å². The number of rotatable bonds is 9. The predicted octanol–water partition coefficient (Wildman–Crippen LogP) is 7.19. The number of benzene rings is 3. The van der Waals surface area contributed by atoms with E-state index in [-0.39, 0.29) is 5.91 Å². The number of nitrogens with zero attached hydrogens (tertiary/aromatic N) is 1. The Labute approximate surface area is 211 Å². The number of nitrogens with one attached hydrogen (secondary N) is 1. The van der Waals surface area contributed by atoms with E-state index < -0.39 is 8.07 Å². The molecule has 0 saturated carbocycles. The van der Waals surface area contributed by atoms with Gasteiger partial charge in [-0.25, -0.2) is 0 Å². The highest BCUT2D eigenvalue weighted by Crippen LogP contribution is 2.27. The van der Waals surface area contributed by atoms with Crippen LogP contribution in [0.5, 0.6) is 0 Å². The van der Waals surface area contributed by atoms with Crippen LogP contribution in [0.25, 0.3) is 10.9 Å². The van der Waals surface area contributed by atoms with Gasteiger partial charge in [0, 0.05) is 22.5 Å². The molecule has 174 valence electrons. The lowest BCUT2D eigenvalue weighted by Crippen LogP contribution is -2.43. The molecule has 1 N–H and O–H groups in total. The highest BCUT2D eigenvalue weighted by molar-refractivity contribution is 9.10. The van der Waals surface area contributed by atoms with E-state index in [1.165, 1.54) is 10.8 Å². The Morgan fingerprint density at radius 3 is 2.44 bits per heavy atom. The van der Waals surface area contributed by atoms with Crippen molar-refractivity contribution in [3.8, 4) is 0 Å². The largest absolute Gasteiger partial charge is 0.324 e. The number of fused-ring (bicyclic) bond motifs is 1. The summed E-state index contributed by atoms with van der Waals surface area (Å²) in [4.78, 5) is 17.7. The van der Waals surface area contributed by atoms with Crippen molar-refractivity contribution >= 4 is 51.7 Å². The van der Waals surface area contributed by atoms with Gasteiger partial charge in [0.15, 0.2) is 0 Å². The van der Waals surface area contributed by atoms with Crippen LogP contribution in [0.2, 0.25) is 19.1 Å². The summed E-state index contributed by atoms with van der Waals surface area (Å²) in [5.74, 6) is 0.380. The van der Waals surface area contributed by atoms with Gasteiger partial charge in [-0.1, -0.05) is 101 Å². The summed E-state index contributed by atoms with van der Waals surface area (Å²) in [5, 5.41) is 5.63. The van der Waals surface area contributed by atoms with Gasteiger partial charge in [0.1, 0.15) is 0 Å². The summed E-state index contributed by atoms with van der Waals surface area (Å²) in [6.07, 6.45) is 4.25. The lowest BCUT2D eigenvalue weighted by atomic mass is 9.97. The van der Waals surface area contributed by atoms with Crippen molar-refractivity contribution in [2.45, 2.75) is 38.4 Å². The van der Waals surface area contributed by atoms with Gasteiger partial charge in [0.05, 0.1) is 19.3 Å².